The molecule has 3 rings (SSSR count). The fraction of sp³-hybridized carbons (Fsp3) is 0.222. The average Bonchev–Trinajstić information content (AvgIpc) is 2.97. The van der Waals surface area contributed by atoms with E-state index in [0.29, 0.717) is 16.9 Å². The molecule has 0 unspecified atom stereocenters. The molecule has 0 fully saturated rings. The van der Waals surface area contributed by atoms with Gasteiger partial charge in [-0.1, -0.05) is 12.1 Å². The van der Waals surface area contributed by atoms with E-state index in [1.807, 2.05) is 0 Å². The van der Waals surface area contributed by atoms with Gasteiger partial charge in [0.05, 0.1) is 12.5 Å². The summed E-state index contributed by atoms with van der Waals surface area (Å²) in [6.07, 6.45) is -1.03. The topological polar surface area (TPSA) is 75.6 Å². The third-order valence-corrected chi connectivity index (χ3v) is 3.96. The van der Waals surface area contributed by atoms with Gasteiger partial charge in [-0.3, -0.25) is 9.59 Å². The van der Waals surface area contributed by atoms with Crippen LogP contribution < -0.4 is 10.1 Å². The van der Waals surface area contributed by atoms with E-state index in [0.717, 1.165) is 0 Å². The van der Waals surface area contributed by atoms with E-state index in [2.05, 4.69) is 5.32 Å². The molecule has 1 heterocycles. The van der Waals surface area contributed by atoms with Gasteiger partial charge < -0.3 is 15.2 Å². The highest BCUT2D eigenvalue weighted by atomic mass is 19.1. The number of carbonyl (C=O) groups excluding carboxylic acids is 1. The molecule has 0 aromatic heterocycles. The molecule has 7 heteroatoms. The van der Waals surface area contributed by atoms with Gasteiger partial charge in [-0.25, -0.2) is 8.78 Å². The van der Waals surface area contributed by atoms with Crippen molar-refractivity contribution < 1.29 is 28.2 Å². The maximum Gasteiger partial charge on any atom is 0.305 e. The van der Waals surface area contributed by atoms with Crippen LogP contribution in [0, 0.1) is 11.6 Å². The number of carbonyl (C=O) groups is 2. The largest absolute Gasteiger partial charge is 0.481 e. The van der Waals surface area contributed by atoms with Crippen molar-refractivity contribution in [1.82, 2.24) is 5.32 Å². The number of fused-ring (bicyclic) bond motifs is 1. The Bertz CT molecular complexity index is 807. The van der Waals surface area contributed by atoms with Gasteiger partial charge in [-0.15, -0.1) is 0 Å². The Balaban J connectivity index is 1.72. The first-order chi connectivity index (χ1) is 11.9. The maximum atomic E-state index is 13.2. The molecular weight excluding hydrogens is 332 g/mol. The summed E-state index contributed by atoms with van der Waals surface area (Å²) in [6.45, 7) is 0. The zero-order valence-corrected chi connectivity index (χ0v) is 13.0. The Morgan fingerprint density at radius 1 is 1.16 bits per heavy atom. The van der Waals surface area contributed by atoms with Gasteiger partial charge in [0.1, 0.15) is 17.4 Å². The summed E-state index contributed by atoms with van der Waals surface area (Å²) in [4.78, 5) is 23.5. The van der Waals surface area contributed by atoms with Crippen LogP contribution in [0.5, 0.6) is 5.75 Å². The number of carboxylic acids is 1. The van der Waals surface area contributed by atoms with Crippen LogP contribution in [0.1, 0.15) is 23.6 Å². The van der Waals surface area contributed by atoms with Crippen molar-refractivity contribution in [3.8, 4) is 5.75 Å². The second kappa shape index (κ2) is 6.88. The van der Waals surface area contributed by atoms with Crippen molar-refractivity contribution in [2.75, 3.05) is 0 Å². The first-order valence-corrected chi connectivity index (χ1v) is 7.65. The maximum absolute atomic E-state index is 13.2. The van der Waals surface area contributed by atoms with E-state index < -0.39 is 35.7 Å². The lowest BCUT2D eigenvalue weighted by Crippen LogP contribution is -2.40. The number of nitrogens with one attached hydrogen (secondary N) is 1. The minimum Gasteiger partial charge on any atom is -0.481 e. The predicted octanol–water partition coefficient (Wildman–Crippen LogP) is 2.60. The second-order valence-electron chi connectivity index (χ2n) is 5.77. The first-order valence-electron chi connectivity index (χ1n) is 7.65. The number of benzene rings is 2. The van der Waals surface area contributed by atoms with Crippen LogP contribution in [-0.2, 0) is 16.0 Å². The van der Waals surface area contributed by atoms with Gasteiger partial charge in [-0.05, 0) is 35.9 Å². The van der Waals surface area contributed by atoms with Gasteiger partial charge in [0, 0.05) is 12.0 Å². The molecule has 1 aliphatic rings. The van der Waals surface area contributed by atoms with Gasteiger partial charge in [0.15, 0.2) is 6.10 Å². The molecule has 0 aliphatic carbocycles. The van der Waals surface area contributed by atoms with Gasteiger partial charge in [0.25, 0.3) is 5.91 Å². The molecule has 2 N–H and O–H groups in total. The molecule has 0 bridgehead atoms. The second-order valence-corrected chi connectivity index (χ2v) is 5.77. The molecule has 2 atom stereocenters. The van der Waals surface area contributed by atoms with Crippen LogP contribution in [0.25, 0.3) is 0 Å². The summed E-state index contributed by atoms with van der Waals surface area (Å²) in [6, 6.07) is 8.40. The molecule has 0 saturated carbocycles. The molecule has 1 aliphatic heterocycles. The normalized spacial score (nSPS) is 16.6. The van der Waals surface area contributed by atoms with E-state index in [9.17, 15) is 18.4 Å². The molecule has 0 spiro atoms. The first kappa shape index (κ1) is 16.9. The lowest BCUT2D eigenvalue weighted by molar-refractivity contribution is -0.138. The number of aliphatic carboxylic acids is 1. The third kappa shape index (κ3) is 3.93. The summed E-state index contributed by atoms with van der Waals surface area (Å²) in [5.74, 6) is -2.06. The van der Waals surface area contributed by atoms with Crippen molar-refractivity contribution >= 4 is 11.9 Å². The number of amides is 1. The molecule has 5 nitrogen and oxygen atoms in total. The Hall–Kier alpha value is -2.96. The molecular formula is C18H15F2NO4. The quantitative estimate of drug-likeness (QED) is 0.872. The van der Waals surface area contributed by atoms with Gasteiger partial charge >= 0.3 is 5.97 Å². The lowest BCUT2D eigenvalue weighted by atomic mass is 10.0. The fourth-order valence-electron chi connectivity index (χ4n) is 2.75. The molecule has 25 heavy (non-hydrogen) atoms. The zero-order valence-electron chi connectivity index (χ0n) is 13.0. The number of hydrogen-bond acceptors (Lipinski definition) is 3. The highest BCUT2D eigenvalue weighted by molar-refractivity contribution is 5.83. The third-order valence-electron chi connectivity index (χ3n) is 3.96. The highest BCUT2D eigenvalue weighted by Gasteiger charge is 2.31. The fourth-order valence-corrected chi connectivity index (χ4v) is 2.75. The van der Waals surface area contributed by atoms with Crippen molar-refractivity contribution in [3.63, 3.8) is 0 Å². The van der Waals surface area contributed by atoms with Crippen molar-refractivity contribution in [2.45, 2.75) is 25.0 Å². The molecule has 0 radical (unpaired) electrons. The van der Waals surface area contributed by atoms with Gasteiger partial charge in [0.2, 0.25) is 0 Å². The summed E-state index contributed by atoms with van der Waals surface area (Å²) >= 11 is 0. The van der Waals surface area contributed by atoms with E-state index in [-0.39, 0.29) is 12.8 Å². The summed E-state index contributed by atoms with van der Waals surface area (Å²) in [5.41, 5.74) is 1.05. The molecule has 0 saturated heterocycles. The Kier molecular flexibility index (Phi) is 4.65. The summed E-state index contributed by atoms with van der Waals surface area (Å²) < 4.78 is 31.8. The van der Waals surface area contributed by atoms with Crippen LogP contribution in [-0.4, -0.2) is 23.1 Å². The van der Waals surface area contributed by atoms with Crippen LogP contribution in [0.15, 0.2) is 42.5 Å². The zero-order chi connectivity index (χ0) is 18.0. The average molecular weight is 347 g/mol. The number of halogens is 2. The van der Waals surface area contributed by atoms with E-state index in [4.69, 9.17) is 9.84 Å². The Labute approximate surface area is 142 Å². The van der Waals surface area contributed by atoms with Crippen molar-refractivity contribution in [2.24, 2.45) is 0 Å². The lowest BCUT2D eigenvalue weighted by Gasteiger charge is -2.20. The van der Waals surface area contributed by atoms with E-state index in [1.54, 1.807) is 0 Å². The SMILES string of the molecule is O=C(O)C[C@H](NC(=O)[C@@H]1Cc2cc(F)ccc2O1)c1ccc(F)cc1. The molecule has 1 amide bonds. The van der Waals surface area contributed by atoms with Crippen LogP contribution in [0.4, 0.5) is 8.78 Å². The smallest absolute Gasteiger partial charge is 0.305 e. The Morgan fingerprint density at radius 3 is 2.52 bits per heavy atom. The van der Waals surface area contributed by atoms with E-state index in [1.165, 1.54) is 42.5 Å². The summed E-state index contributed by atoms with van der Waals surface area (Å²) in [5, 5.41) is 11.7. The Morgan fingerprint density at radius 2 is 1.84 bits per heavy atom. The van der Waals surface area contributed by atoms with Crippen LogP contribution in [0.3, 0.4) is 0 Å². The molecule has 2 aromatic carbocycles. The van der Waals surface area contributed by atoms with Crippen LogP contribution in [0.2, 0.25) is 0 Å². The minimum atomic E-state index is -1.10. The number of ether oxygens (including phenoxy) is 1. The monoisotopic (exact) mass is 347 g/mol. The van der Waals surface area contributed by atoms with E-state index >= 15 is 0 Å². The highest BCUT2D eigenvalue weighted by Crippen LogP contribution is 2.30. The summed E-state index contributed by atoms with van der Waals surface area (Å²) in [7, 11) is 0. The number of carboxylic acid groups (broad SMARTS) is 1. The predicted molar refractivity (Wildman–Crippen MR) is 84.1 cm³/mol. The number of hydrogen-bond donors (Lipinski definition) is 2. The van der Waals surface area contributed by atoms with Crippen LogP contribution >= 0.6 is 0 Å². The standard InChI is InChI=1S/C18H15F2NO4/c19-12-3-1-10(2-4-12)14(9-17(22)23)21-18(24)16-8-11-7-13(20)5-6-15(11)25-16/h1-7,14,16H,8-9H2,(H,21,24)(H,22,23)/t14-,16-/m0/s1. The van der Waals surface area contributed by atoms with Gasteiger partial charge in [-0.2, -0.15) is 0 Å². The minimum absolute atomic E-state index is 0.197. The molecule has 130 valence electrons. The van der Waals surface area contributed by atoms with Crippen molar-refractivity contribution in [1.29, 1.82) is 0 Å². The van der Waals surface area contributed by atoms with Crippen molar-refractivity contribution in [3.05, 3.63) is 65.2 Å². The molecule has 2 aromatic rings. The number of rotatable bonds is 5.